The lowest BCUT2D eigenvalue weighted by Gasteiger charge is -2.31. The van der Waals surface area contributed by atoms with E-state index < -0.39 is 22.6 Å². The van der Waals surface area contributed by atoms with E-state index in [9.17, 15) is 23.7 Å². The monoisotopic (exact) mass is 384 g/mol. The van der Waals surface area contributed by atoms with Gasteiger partial charge >= 0.3 is 10.4 Å². The molecule has 10 heteroatoms. The van der Waals surface area contributed by atoms with Crippen LogP contribution in [0.2, 0.25) is 0 Å². The first-order chi connectivity index (χ1) is 12.2. The van der Waals surface area contributed by atoms with Gasteiger partial charge in [0.2, 0.25) is 0 Å². The van der Waals surface area contributed by atoms with Crippen LogP contribution in [-0.4, -0.2) is 41.5 Å². The summed E-state index contributed by atoms with van der Waals surface area (Å²) in [4.78, 5) is 0. The van der Waals surface area contributed by atoms with Crippen molar-refractivity contribution in [1.29, 1.82) is 0 Å². The molecule has 0 saturated carbocycles. The molecule has 3 rings (SSSR count). The number of fused-ring (bicyclic) bond motifs is 1. The predicted octanol–water partition coefficient (Wildman–Crippen LogP) is 1.33. The van der Waals surface area contributed by atoms with Gasteiger partial charge in [0.25, 0.3) is 0 Å². The zero-order valence-electron chi connectivity index (χ0n) is 13.5. The molecule has 2 aromatic carbocycles. The van der Waals surface area contributed by atoms with Gasteiger partial charge < -0.3 is 29.0 Å². The molecule has 0 fully saturated rings. The van der Waals surface area contributed by atoms with Gasteiger partial charge in [-0.05, 0) is 17.7 Å². The first-order valence-corrected chi connectivity index (χ1v) is 8.79. The number of aliphatic hydroxyl groups is 1. The van der Waals surface area contributed by atoms with Crippen LogP contribution in [-0.2, 0) is 16.8 Å². The fourth-order valence-corrected chi connectivity index (χ4v) is 3.17. The Balaban J connectivity index is 2.00. The van der Waals surface area contributed by atoms with Crippen LogP contribution in [0.15, 0.2) is 30.3 Å². The number of phenols is 2. The van der Waals surface area contributed by atoms with E-state index in [1.807, 2.05) is 0 Å². The Bertz CT molecular complexity index is 939. The van der Waals surface area contributed by atoms with Gasteiger partial charge in [0, 0.05) is 24.1 Å². The van der Waals surface area contributed by atoms with Crippen LogP contribution in [0, 0.1) is 0 Å². The highest BCUT2D eigenvalue weighted by molar-refractivity contribution is 7.81. The Kier molecular flexibility index (Phi) is 4.57. The van der Waals surface area contributed by atoms with E-state index >= 15 is 0 Å². The minimum Gasteiger partial charge on any atom is -0.508 e. The summed E-state index contributed by atoms with van der Waals surface area (Å²) in [5.74, 6) is -0.492. The van der Waals surface area contributed by atoms with E-state index in [2.05, 4.69) is 4.18 Å². The second-order valence-electron chi connectivity index (χ2n) is 5.67. The van der Waals surface area contributed by atoms with Gasteiger partial charge in [0.05, 0.1) is 13.2 Å². The molecule has 1 heterocycles. The molecule has 9 nitrogen and oxygen atoms in total. The van der Waals surface area contributed by atoms with Crippen LogP contribution in [0.5, 0.6) is 28.7 Å². The number of hydrogen-bond donors (Lipinski definition) is 4. The highest BCUT2D eigenvalue weighted by Crippen LogP contribution is 2.43. The Labute approximate surface area is 149 Å². The van der Waals surface area contributed by atoms with Crippen LogP contribution in [0.3, 0.4) is 0 Å². The molecule has 2 aromatic rings. The lowest BCUT2D eigenvalue weighted by molar-refractivity contribution is 0.0199. The van der Waals surface area contributed by atoms with Gasteiger partial charge in [-0.2, -0.15) is 8.42 Å². The standard InChI is InChI=1S/C16H16O9S/c1-23-15-4-8(2-3-11(15)18)16-12(19)7-10-13(24-16)5-9(17)6-14(10)25-26(20,21)22/h2-6,12,16-19H,7H2,1H3,(H,20,21,22)/t12-,16-/m1/s1. The number of aliphatic hydroxyl groups excluding tert-OH is 1. The molecule has 140 valence electrons. The minimum atomic E-state index is -4.82. The summed E-state index contributed by atoms with van der Waals surface area (Å²) in [6, 6.07) is 6.64. The Morgan fingerprint density at radius 2 is 1.88 bits per heavy atom. The maximum absolute atomic E-state index is 11.0. The number of benzene rings is 2. The minimum absolute atomic E-state index is 0.0612. The van der Waals surface area contributed by atoms with E-state index in [1.165, 1.54) is 31.4 Å². The van der Waals surface area contributed by atoms with Gasteiger partial charge in [-0.15, -0.1) is 0 Å². The smallest absolute Gasteiger partial charge is 0.446 e. The van der Waals surface area contributed by atoms with Gasteiger partial charge in [-0.1, -0.05) is 6.07 Å². The SMILES string of the molecule is COc1cc([C@H]2Oc3cc(O)cc(OS(=O)(=O)O)c3C[C@H]2O)ccc1O. The van der Waals surface area contributed by atoms with Crippen molar-refractivity contribution in [2.75, 3.05) is 7.11 Å². The second-order valence-corrected chi connectivity index (χ2v) is 6.69. The number of rotatable bonds is 4. The third-order valence-corrected chi connectivity index (χ3v) is 4.29. The number of methoxy groups -OCH3 is 1. The van der Waals surface area contributed by atoms with Crippen molar-refractivity contribution in [2.24, 2.45) is 0 Å². The average molecular weight is 384 g/mol. The fourth-order valence-electron chi connectivity index (χ4n) is 2.79. The van der Waals surface area contributed by atoms with Gasteiger partial charge in [-0.3, -0.25) is 4.55 Å². The lowest BCUT2D eigenvalue weighted by Crippen LogP contribution is -2.30. The third kappa shape index (κ3) is 3.62. The van der Waals surface area contributed by atoms with Crippen molar-refractivity contribution in [3.8, 4) is 28.7 Å². The van der Waals surface area contributed by atoms with E-state index in [0.29, 0.717) is 5.56 Å². The van der Waals surface area contributed by atoms with Crippen LogP contribution < -0.4 is 13.7 Å². The fraction of sp³-hybridized carbons (Fsp3) is 0.250. The zero-order valence-corrected chi connectivity index (χ0v) is 14.3. The normalized spacial score (nSPS) is 19.3. The summed E-state index contributed by atoms with van der Waals surface area (Å²) in [5.41, 5.74) is 0.674. The largest absolute Gasteiger partial charge is 0.508 e. The summed E-state index contributed by atoms with van der Waals surface area (Å²) >= 11 is 0. The molecule has 0 spiro atoms. The molecule has 0 radical (unpaired) electrons. The molecule has 0 bridgehead atoms. The molecular formula is C16H16O9S. The molecular weight excluding hydrogens is 368 g/mol. The van der Waals surface area contributed by atoms with Gasteiger partial charge in [0.15, 0.2) is 17.2 Å². The van der Waals surface area contributed by atoms with E-state index in [4.69, 9.17) is 14.0 Å². The molecule has 1 aliphatic heterocycles. The van der Waals surface area contributed by atoms with Crippen LogP contribution in [0.1, 0.15) is 17.2 Å². The molecule has 1 aliphatic rings. The Morgan fingerprint density at radius 3 is 2.54 bits per heavy atom. The summed E-state index contributed by atoms with van der Waals surface area (Å²) in [6.07, 6.45) is -2.02. The Hall–Kier alpha value is -2.69. The van der Waals surface area contributed by atoms with Crippen molar-refractivity contribution in [2.45, 2.75) is 18.6 Å². The van der Waals surface area contributed by atoms with Crippen molar-refractivity contribution in [3.05, 3.63) is 41.5 Å². The number of hydrogen-bond acceptors (Lipinski definition) is 8. The molecule has 4 N–H and O–H groups in total. The molecule has 26 heavy (non-hydrogen) atoms. The summed E-state index contributed by atoms with van der Waals surface area (Å²) < 4.78 is 46.0. The summed E-state index contributed by atoms with van der Waals surface area (Å²) in [6.45, 7) is 0. The molecule has 0 aliphatic carbocycles. The van der Waals surface area contributed by atoms with E-state index in [1.54, 1.807) is 0 Å². The summed E-state index contributed by atoms with van der Waals surface area (Å²) in [5, 5.41) is 29.9. The highest BCUT2D eigenvalue weighted by Gasteiger charge is 2.33. The van der Waals surface area contributed by atoms with E-state index in [-0.39, 0.29) is 40.7 Å². The quantitative estimate of drug-likeness (QED) is 0.574. The van der Waals surface area contributed by atoms with Crippen LogP contribution in [0.4, 0.5) is 0 Å². The number of aromatic hydroxyl groups is 2. The van der Waals surface area contributed by atoms with Crippen molar-refractivity contribution in [3.63, 3.8) is 0 Å². The van der Waals surface area contributed by atoms with Crippen molar-refractivity contribution < 1.29 is 41.9 Å². The average Bonchev–Trinajstić information content (AvgIpc) is 2.54. The maximum atomic E-state index is 11.0. The Morgan fingerprint density at radius 1 is 1.15 bits per heavy atom. The molecule has 2 atom stereocenters. The third-order valence-electron chi connectivity index (χ3n) is 3.90. The number of phenolic OH excluding ortho intramolecular Hbond substituents is 2. The van der Waals surface area contributed by atoms with Gasteiger partial charge in [0.1, 0.15) is 17.6 Å². The van der Waals surface area contributed by atoms with Gasteiger partial charge in [-0.25, -0.2) is 0 Å². The predicted molar refractivity (Wildman–Crippen MR) is 88.0 cm³/mol. The zero-order chi connectivity index (χ0) is 19.1. The summed E-state index contributed by atoms with van der Waals surface area (Å²) in [7, 11) is -3.44. The maximum Gasteiger partial charge on any atom is 0.446 e. The van der Waals surface area contributed by atoms with Crippen LogP contribution >= 0.6 is 0 Å². The molecule has 0 unspecified atom stereocenters. The first kappa shape index (κ1) is 18.1. The number of ether oxygens (including phenoxy) is 2. The second kappa shape index (κ2) is 6.56. The van der Waals surface area contributed by atoms with E-state index in [0.717, 1.165) is 6.07 Å². The molecule has 0 amide bonds. The van der Waals surface area contributed by atoms with Crippen molar-refractivity contribution >= 4 is 10.4 Å². The van der Waals surface area contributed by atoms with Crippen molar-refractivity contribution in [1.82, 2.24) is 0 Å². The highest BCUT2D eigenvalue weighted by atomic mass is 32.3. The molecule has 0 aromatic heterocycles. The van der Waals surface area contributed by atoms with Crippen LogP contribution in [0.25, 0.3) is 0 Å². The molecule has 0 saturated heterocycles. The topological polar surface area (TPSA) is 143 Å². The lowest BCUT2D eigenvalue weighted by atomic mass is 9.94. The first-order valence-electron chi connectivity index (χ1n) is 7.42.